The lowest BCUT2D eigenvalue weighted by molar-refractivity contribution is -0.148. The summed E-state index contributed by atoms with van der Waals surface area (Å²) in [7, 11) is -1.70. The van der Waals surface area contributed by atoms with Crippen molar-refractivity contribution in [3.63, 3.8) is 0 Å². The van der Waals surface area contributed by atoms with Gasteiger partial charge in [-0.25, -0.2) is 0 Å². The van der Waals surface area contributed by atoms with Crippen LogP contribution in [0.25, 0.3) is 0 Å². The number of hydrogen-bond acceptors (Lipinski definition) is 3. The van der Waals surface area contributed by atoms with Gasteiger partial charge in [0, 0.05) is 0 Å². The Morgan fingerprint density at radius 1 is 1.35 bits per heavy atom. The molecule has 0 radical (unpaired) electrons. The first-order valence-corrected chi connectivity index (χ1v) is 10.3. The third-order valence-corrected chi connectivity index (χ3v) is 4.03. The minimum absolute atomic E-state index is 0.173. The minimum atomic E-state index is -1.70. The Labute approximate surface area is 115 Å². The average molecular weight is 325 g/mol. The number of hydrogen-bond donors (Lipinski definition) is 0. The Hall–Kier alpha value is 0.127. The maximum atomic E-state index is 12.0. The van der Waals surface area contributed by atoms with Gasteiger partial charge in [0.15, 0.2) is 8.32 Å². The Balaban J connectivity index is 4.98. The maximum absolute atomic E-state index is 12.0. The van der Waals surface area contributed by atoms with E-state index in [2.05, 4.69) is 49.4 Å². The zero-order valence-electron chi connectivity index (χ0n) is 12.0. The lowest BCUT2D eigenvalue weighted by Crippen LogP contribution is -2.50. The fraction of sp³-hybridized carbons (Fsp3) is 0.917. The molecule has 0 amide bonds. The van der Waals surface area contributed by atoms with Crippen LogP contribution in [0.5, 0.6) is 0 Å². The van der Waals surface area contributed by atoms with Crippen molar-refractivity contribution in [1.29, 1.82) is 0 Å². The van der Waals surface area contributed by atoms with Crippen LogP contribution in [0.4, 0.5) is 0 Å². The van der Waals surface area contributed by atoms with Gasteiger partial charge < -0.3 is 9.16 Å². The molecule has 0 saturated carbocycles. The summed E-state index contributed by atoms with van der Waals surface area (Å²) in [6.07, 6.45) is -0.173. The second-order valence-electron chi connectivity index (χ2n) is 5.69. The number of halogens is 1. The Kier molecular flexibility index (Phi) is 6.39. The van der Waals surface area contributed by atoms with Crippen LogP contribution in [0.15, 0.2) is 0 Å². The molecule has 0 N–H and O–H groups in total. The summed E-state index contributed by atoms with van der Waals surface area (Å²) in [4.78, 5) is 12.0. The SMILES string of the molecule is CCOC(=O)[C@@](C)(Br)[C@H](O[Si](C)(C)C)C(C)C. The molecule has 0 heterocycles. The molecule has 0 aromatic carbocycles. The van der Waals surface area contributed by atoms with E-state index >= 15 is 0 Å². The highest BCUT2D eigenvalue weighted by atomic mass is 79.9. The van der Waals surface area contributed by atoms with Gasteiger partial charge in [0.1, 0.15) is 4.32 Å². The molecule has 102 valence electrons. The maximum Gasteiger partial charge on any atom is 0.325 e. The third kappa shape index (κ3) is 5.53. The fourth-order valence-electron chi connectivity index (χ4n) is 1.64. The summed E-state index contributed by atoms with van der Waals surface area (Å²) in [6, 6.07) is 0. The van der Waals surface area contributed by atoms with Crippen LogP contribution in [-0.4, -0.2) is 31.3 Å². The van der Waals surface area contributed by atoms with Crippen LogP contribution in [0.2, 0.25) is 19.6 Å². The zero-order valence-corrected chi connectivity index (χ0v) is 14.6. The summed E-state index contributed by atoms with van der Waals surface area (Å²) in [5, 5.41) is 0. The second-order valence-corrected chi connectivity index (χ2v) is 11.8. The fourth-order valence-corrected chi connectivity index (χ4v) is 3.82. The van der Waals surface area contributed by atoms with Crippen LogP contribution in [0.3, 0.4) is 0 Å². The predicted octanol–water partition coefficient (Wildman–Crippen LogP) is 3.58. The first-order valence-electron chi connectivity index (χ1n) is 6.06. The van der Waals surface area contributed by atoms with Gasteiger partial charge in [0.25, 0.3) is 0 Å². The smallest absolute Gasteiger partial charge is 0.325 e. The second kappa shape index (κ2) is 6.34. The van der Waals surface area contributed by atoms with Crippen LogP contribution in [-0.2, 0) is 14.0 Å². The van der Waals surface area contributed by atoms with Gasteiger partial charge in [-0.15, -0.1) is 0 Å². The van der Waals surface area contributed by atoms with E-state index in [1.165, 1.54) is 0 Å². The van der Waals surface area contributed by atoms with Gasteiger partial charge in [-0.3, -0.25) is 4.79 Å². The highest BCUT2D eigenvalue weighted by Gasteiger charge is 2.44. The van der Waals surface area contributed by atoms with E-state index in [-0.39, 0.29) is 18.0 Å². The van der Waals surface area contributed by atoms with Crippen molar-refractivity contribution in [1.82, 2.24) is 0 Å². The predicted molar refractivity (Wildman–Crippen MR) is 77.0 cm³/mol. The third-order valence-electron chi connectivity index (χ3n) is 2.29. The van der Waals surface area contributed by atoms with Crippen LogP contribution >= 0.6 is 15.9 Å². The van der Waals surface area contributed by atoms with Gasteiger partial charge in [0.2, 0.25) is 0 Å². The van der Waals surface area contributed by atoms with E-state index in [1.807, 2.05) is 13.8 Å². The topological polar surface area (TPSA) is 35.5 Å². The number of carbonyl (C=O) groups is 1. The molecule has 3 nitrogen and oxygen atoms in total. The van der Waals surface area contributed by atoms with Gasteiger partial charge in [-0.05, 0) is 39.4 Å². The van der Waals surface area contributed by atoms with Crippen molar-refractivity contribution >= 4 is 30.2 Å². The molecular formula is C12H25BrO3Si. The van der Waals surface area contributed by atoms with Crippen molar-refractivity contribution in [3.8, 4) is 0 Å². The van der Waals surface area contributed by atoms with Crippen LogP contribution < -0.4 is 0 Å². The quantitative estimate of drug-likeness (QED) is 0.425. The van der Waals surface area contributed by atoms with Gasteiger partial charge in [0.05, 0.1) is 12.7 Å². The standard InChI is InChI=1S/C12H25BrO3Si/c1-8-15-11(14)12(4,13)10(9(2)3)16-17(5,6)7/h9-10H,8H2,1-7H3/t10-,12+/m1/s1. The molecule has 0 aromatic rings. The summed E-state index contributed by atoms with van der Waals surface area (Å²) >= 11 is 3.49. The number of ether oxygens (including phenoxy) is 1. The van der Waals surface area contributed by atoms with E-state index in [9.17, 15) is 4.79 Å². The monoisotopic (exact) mass is 324 g/mol. The summed E-state index contributed by atoms with van der Waals surface area (Å²) in [5.74, 6) is -0.00699. The van der Waals surface area contributed by atoms with Crippen molar-refractivity contribution < 1.29 is 14.0 Å². The van der Waals surface area contributed by atoms with E-state index in [1.54, 1.807) is 0 Å². The number of esters is 1. The highest BCUT2D eigenvalue weighted by Crippen LogP contribution is 2.33. The van der Waals surface area contributed by atoms with Gasteiger partial charge in [-0.1, -0.05) is 29.8 Å². The molecule has 0 fully saturated rings. The van der Waals surface area contributed by atoms with Crippen molar-refractivity contribution in [3.05, 3.63) is 0 Å². The highest BCUT2D eigenvalue weighted by molar-refractivity contribution is 9.10. The molecule has 2 atom stereocenters. The lowest BCUT2D eigenvalue weighted by atomic mass is 9.95. The molecule has 0 saturated heterocycles. The number of alkyl halides is 1. The molecule has 0 aliphatic rings. The first kappa shape index (κ1) is 17.1. The van der Waals surface area contributed by atoms with Crippen molar-refractivity contribution in [2.75, 3.05) is 6.61 Å². The van der Waals surface area contributed by atoms with E-state index in [0.717, 1.165) is 0 Å². The summed E-state index contributed by atoms with van der Waals surface area (Å²) in [6.45, 7) is 14.5. The number of rotatable bonds is 6. The zero-order chi connectivity index (χ0) is 13.9. The molecule has 5 heteroatoms. The van der Waals surface area contributed by atoms with E-state index in [4.69, 9.17) is 9.16 Å². The molecule has 0 unspecified atom stereocenters. The first-order chi connectivity index (χ1) is 7.52. The minimum Gasteiger partial charge on any atom is -0.465 e. The molecule has 0 rings (SSSR count). The normalized spacial score (nSPS) is 17.7. The van der Waals surface area contributed by atoms with Gasteiger partial charge >= 0.3 is 5.97 Å². The number of carbonyl (C=O) groups excluding carboxylic acids is 1. The Bertz CT molecular complexity index is 259. The molecule has 0 aliphatic carbocycles. The van der Waals surface area contributed by atoms with Gasteiger partial charge in [-0.2, -0.15) is 0 Å². The summed E-state index contributed by atoms with van der Waals surface area (Å²) < 4.78 is 10.4. The molecular weight excluding hydrogens is 300 g/mol. The van der Waals surface area contributed by atoms with Crippen LogP contribution in [0, 0.1) is 5.92 Å². The average Bonchev–Trinajstić information content (AvgIpc) is 2.12. The molecule has 0 bridgehead atoms. The molecule has 17 heavy (non-hydrogen) atoms. The molecule has 0 spiro atoms. The lowest BCUT2D eigenvalue weighted by Gasteiger charge is -2.37. The Morgan fingerprint density at radius 2 is 1.82 bits per heavy atom. The summed E-state index contributed by atoms with van der Waals surface area (Å²) in [5.41, 5.74) is 0. The molecule has 0 aliphatic heterocycles. The van der Waals surface area contributed by atoms with Crippen molar-refractivity contribution in [2.24, 2.45) is 5.92 Å². The van der Waals surface area contributed by atoms with Crippen LogP contribution in [0.1, 0.15) is 27.7 Å². The van der Waals surface area contributed by atoms with Crippen molar-refractivity contribution in [2.45, 2.75) is 57.8 Å². The Morgan fingerprint density at radius 3 is 2.12 bits per heavy atom. The van der Waals surface area contributed by atoms with E-state index in [0.29, 0.717) is 6.61 Å². The molecule has 0 aromatic heterocycles. The van der Waals surface area contributed by atoms with E-state index < -0.39 is 12.6 Å². The largest absolute Gasteiger partial charge is 0.465 e.